The SMILES string of the molecule is CC(=O)N[C@@H]1[C@H](O[C@H]2[C@@H](O)[C@@H](CO)O[C@@H](O[C@H]3[C@@H](O[C@H]4O[C@H](CO)[C@@H](O)[C@@H](O)[C@H]4O[C@H]4O[C@H](CO)[C@@H](O)[C@@H](O)[C@H]4O)[C@H](NC(C)=O)[C@H](O)O[C@@H]3C(=O)O)[C@@H]2NC(C)=O)O[C@@H](C)[C@@H](O)[C@H]1O[C@H]1O[C@H](CO)[C@H](O)[C@H](O)[C@H]1O. The van der Waals surface area contributed by atoms with Gasteiger partial charge in [0.1, 0.15) is 134 Å². The molecule has 6 rings (SSSR count). The number of aliphatic hydroxyl groups excluding tert-OH is 15. The first-order valence-electron chi connectivity index (χ1n) is 23.9. The lowest BCUT2D eigenvalue weighted by molar-refractivity contribution is -0.389. The molecule has 6 aliphatic rings. The fourth-order valence-corrected chi connectivity index (χ4v) is 9.61. The van der Waals surface area contributed by atoms with E-state index in [-0.39, 0.29) is 0 Å². The second-order valence-corrected chi connectivity index (χ2v) is 19.0. The van der Waals surface area contributed by atoms with E-state index in [0.29, 0.717) is 0 Å². The number of hydrogen-bond acceptors (Lipinski definition) is 30. The number of carbonyl (C=O) groups is 4. The zero-order valence-corrected chi connectivity index (χ0v) is 40.9. The van der Waals surface area contributed by atoms with E-state index >= 15 is 0 Å². The van der Waals surface area contributed by atoms with Gasteiger partial charge in [0.15, 0.2) is 43.8 Å². The van der Waals surface area contributed by atoms with E-state index in [9.17, 15) is 101 Å². The van der Waals surface area contributed by atoms with Crippen LogP contribution < -0.4 is 16.0 Å². The van der Waals surface area contributed by atoms with Crippen molar-refractivity contribution < 1.29 is 153 Å². The van der Waals surface area contributed by atoms with Crippen molar-refractivity contribution in [2.45, 2.75) is 212 Å². The van der Waals surface area contributed by atoms with Crippen LogP contribution in [-0.4, -0.2) is 316 Å². The number of rotatable bonds is 18. The van der Waals surface area contributed by atoms with Gasteiger partial charge in [0.05, 0.1) is 32.5 Å². The Labute approximate surface area is 430 Å². The van der Waals surface area contributed by atoms with Crippen LogP contribution in [0, 0.1) is 0 Å². The summed E-state index contributed by atoms with van der Waals surface area (Å²) in [5.74, 6) is -4.62. The van der Waals surface area contributed by atoms with Gasteiger partial charge in [-0.25, -0.2) is 4.79 Å². The Balaban J connectivity index is 1.39. The van der Waals surface area contributed by atoms with Crippen LogP contribution >= 0.6 is 0 Å². The minimum Gasteiger partial charge on any atom is -0.479 e. The summed E-state index contributed by atoms with van der Waals surface area (Å²) in [6.45, 7) is 0.228. The van der Waals surface area contributed by atoms with Gasteiger partial charge < -0.3 is 150 Å². The summed E-state index contributed by atoms with van der Waals surface area (Å²) >= 11 is 0. The van der Waals surface area contributed by atoms with Gasteiger partial charge in [0.25, 0.3) is 0 Å². The van der Waals surface area contributed by atoms with Gasteiger partial charge in [-0.1, -0.05) is 0 Å². The maximum atomic E-state index is 13.1. The Morgan fingerprint density at radius 2 is 0.737 bits per heavy atom. The Hall–Kier alpha value is -3.16. The maximum absolute atomic E-state index is 13.1. The van der Waals surface area contributed by atoms with Crippen molar-refractivity contribution in [3.8, 4) is 0 Å². The van der Waals surface area contributed by atoms with Gasteiger partial charge in [-0.3, -0.25) is 14.4 Å². The fraction of sp³-hybridized carbons (Fsp3) is 0.905. The molecule has 0 spiro atoms. The summed E-state index contributed by atoms with van der Waals surface area (Å²) in [4.78, 5) is 51.7. The van der Waals surface area contributed by atoms with Gasteiger partial charge in [-0.05, 0) is 6.92 Å². The van der Waals surface area contributed by atoms with Gasteiger partial charge >= 0.3 is 5.97 Å². The molecule has 6 aliphatic heterocycles. The van der Waals surface area contributed by atoms with Gasteiger partial charge in [0.2, 0.25) is 17.7 Å². The molecule has 34 nitrogen and oxygen atoms in total. The Bertz CT molecular complexity index is 1930. The van der Waals surface area contributed by atoms with Crippen molar-refractivity contribution in [2.24, 2.45) is 0 Å². The third-order valence-electron chi connectivity index (χ3n) is 13.6. The van der Waals surface area contributed by atoms with Crippen LogP contribution in [0.2, 0.25) is 0 Å². The van der Waals surface area contributed by atoms with Crippen molar-refractivity contribution in [1.29, 1.82) is 0 Å². The molecule has 3 amide bonds. The first-order valence-corrected chi connectivity index (χ1v) is 23.9. The number of aliphatic hydroxyl groups is 15. The number of carbonyl (C=O) groups excluding carboxylic acids is 3. The summed E-state index contributed by atoms with van der Waals surface area (Å²) in [5.41, 5.74) is 0. The Morgan fingerprint density at radius 1 is 0.382 bits per heavy atom. The predicted octanol–water partition coefficient (Wildman–Crippen LogP) is -12.5. The van der Waals surface area contributed by atoms with Crippen molar-refractivity contribution >= 4 is 23.7 Å². The van der Waals surface area contributed by atoms with Gasteiger partial charge in [0, 0.05) is 20.8 Å². The van der Waals surface area contributed by atoms with E-state index in [0.717, 1.165) is 20.8 Å². The molecule has 0 aromatic rings. The van der Waals surface area contributed by atoms with Crippen molar-refractivity contribution in [3.05, 3.63) is 0 Å². The summed E-state index contributed by atoms with van der Waals surface area (Å²) < 4.78 is 64.3. The largest absolute Gasteiger partial charge is 0.479 e. The van der Waals surface area contributed by atoms with E-state index in [2.05, 4.69) is 16.0 Å². The topological polar surface area (TPSA) is 530 Å². The van der Waals surface area contributed by atoms with E-state index in [1.165, 1.54) is 6.92 Å². The van der Waals surface area contributed by atoms with Crippen LogP contribution in [0.4, 0.5) is 0 Å². The molecule has 0 aliphatic carbocycles. The molecule has 0 saturated carbocycles. The minimum absolute atomic E-state index is 0.833. The highest BCUT2D eigenvalue weighted by Crippen LogP contribution is 2.38. The van der Waals surface area contributed by atoms with Crippen LogP contribution in [0.15, 0.2) is 0 Å². The molecule has 19 N–H and O–H groups in total. The standard InChI is InChI=1S/C42H69N3O31/c1-9-20(53)30(73-40-28(61)25(58)21(54)13(5-46)68-40)18(44-11(3)51)38(66-9)72-31-19(45-12(4)52)39(67-16(8-49)24(31)57)76-34-32(17(43-10(2)50)37(65)71-35(34)36(63)64)74-42-33(27(60)23(56)15(7-48)70-42)75-41-29(62)26(59)22(55)14(6-47)69-41/h9,13-35,37-42,46-49,53-62,65H,5-8H2,1-4H3,(H,43,50)(H,44,51)(H,45,52)(H,63,64)/t9-,13+,14+,15+,16+,17-,18-,19+,20+,21-,22+,23+,24-,25-,26+,27+,28+,29+,30-,31+,32-,33+,34-,35-,37+,38-,39-,40+,41+,42+/m0/s1. The number of amides is 3. The van der Waals surface area contributed by atoms with Crippen molar-refractivity contribution in [2.75, 3.05) is 26.4 Å². The minimum atomic E-state index is -2.42. The lowest BCUT2D eigenvalue weighted by Gasteiger charge is -2.51. The first-order chi connectivity index (χ1) is 35.8. The molecule has 0 unspecified atom stereocenters. The quantitative estimate of drug-likeness (QED) is 0.0606. The van der Waals surface area contributed by atoms with E-state index in [4.69, 9.17) is 52.1 Å². The van der Waals surface area contributed by atoms with Crippen LogP contribution in [0.5, 0.6) is 0 Å². The number of aliphatic carboxylic acids is 1. The molecular formula is C42H69N3O31. The summed E-state index contributed by atoms with van der Waals surface area (Å²) in [5, 5.41) is 178. The fourth-order valence-electron chi connectivity index (χ4n) is 9.61. The second-order valence-electron chi connectivity index (χ2n) is 19.0. The lowest BCUT2D eigenvalue weighted by atomic mass is 9.93. The zero-order valence-electron chi connectivity index (χ0n) is 40.9. The Morgan fingerprint density at radius 3 is 1.20 bits per heavy atom. The molecule has 34 heteroatoms. The molecule has 0 radical (unpaired) electrons. The van der Waals surface area contributed by atoms with Crippen LogP contribution in [0.3, 0.4) is 0 Å². The Kier molecular flexibility index (Phi) is 21.6. The monoisotopic (exact) mass is 1110 g/mol. The molecule has 438 valence electrons. The zero-order chi connectivity index (χ0) is 56.4. The molecule has 30 atom stereocenters. The molecule has 0 aromatic carbocycles. The van der Waals surface area contributed by atoms with E-state index in [1.807, 2.05) is 0 Å². The molecule has 0 aromatic heterocycles. The molecule has 6 heterocycles. The van der Waals surface area contributed by atoms with Crippen LogP contribution in [0.1, 0.15) is 27.7 Å². The molecule has 6 fully saturated rings. The van der Waals surface area contributed by atoms with Gasteiger partial charge in [-0.2, -0.15) is 0 Å². The number of ether oxygens (including phenoxy) is 11. The molecule has 76 heavy (non-hydrogen) atoms. The lowest BCUT2D eigenvalue weighted by Crippen LogP contribution is -2.72. The molecule has 6 saturated heterocycles. The second kappa shape index (κ2) is 26.4. The van der Waals surface area contributed by atoms with E-state index in [1.54, 1.807) is 0 Å². The average Bonchev–Trinajstić information content (AvgIpc) is 3.36. The first kappa shape index (κ1) is 62.0. The highest BCUT2D eigenvalue weighted by molar-refractivity contribution is 5.75. The van der Waals surface area contributed by atoms with Crippen LogP contribution in [-0.2, 0) is 71.3 Å². The van der Waals surface area contributed by atoms with Crippen molar-refractivity contribution in [1.82, 2.24) is 16.0 Å². The maximum Gasteiger partial charge on any atom is 0.335 e. The van der Waals surface area contributed by atoms with Crippen molar-refractivity contribution in [3.63, 3.8) is 0 Å². The third-order valence-corrected chi connectivity index (χ3v) is 13.6. The van der Waals surface area contributed by atoms with E-state index < -0.39 is 234 Å². The van der Waals surface area contributed by atoms with Crippen LogP contribution in [0.25, 0.3) is 0 Å². The summed E-state index contributed by atoms with van der Waals surface area (Å²) in [6.07, 6.45) is -53.4. The number of nitrogens with one attached hydrogen (secondary N) is 3. The molecule has 0 bridgehead atoms. The molecular weight excluding hydrogens is 1040 g/mol. The predicted molar refractivity (Wildman–Crippen MR) is 233 cm³/mol. The average molecular weight is 1110 g/mol. The summed E-state index contributed by atoms with van der Waals surface area (Å²) in [6, 6.07) is -5.57. The summed E-state index contributed by atoms with van der Waals surface area (Å²) in [7, 11) is 0. The third kappa shape index (κ3) is 13.4. The highest BCUT2D eigenvalue weighted by Gasteiger charge is 2.60. The highest BCUT2D eigenvalue weighted by atomic mass is 16.8. The number of carboxylic acid groups (broad SMARTS) is 1. The normalized spacial score (nSPS) is 48.1. The number of carboxylic acids is 1. The number of hydrogen-bond donors (Lipinski definition) is 19. The smallest absolute Gasteiger partial charge is 0.335 e. The van der Waals surface area contributed by atoms with Gasteiger partial charge in [-0.15, -0.1) is 0 Å².